The van der Waals surface area contributed by atoms with Crippen LogP contribution in [-0.2, 0) is 11.2 Å². The van der Waals surface area contributed by atoms with Gasteiger partial charge in [-0.2, -0.15) is 17.5 Å². The summed E-state index contributed by atoms with van der Waals surface area (Å²) in [5.41, 5.74) is 5.28. The van der Waals surface area contributed by atoms with Crippen molar-refractivity contribution < 1.29 is 17.9 Å². The van der Waals surface area contributed by atoms with Gasteiger partial charge in [-0.3, -0.25) is 0 Å². The lowest BCUT2D eigenvalue weighted by molar-refractivity contribution is -0.173. The Hall–Kier alpha value is -0.890. The lowest BCUT2D eigenvalue weighted by atomic mass is 10.4. The topological polar surface area (TPSA) is 61.0 Å². The molecule has 0 saturated heterocycles. The molecule has 4 nitrogen and oxygen atoms in total. The molecule has 1 aromatic rings. The van der Waals surface area contributed by atoms with Crippen LogP contribution in [0.4, 0.5) is 18.3 Å². The van der Waals surface area contributed by atoms with Gasteiger partial charge in [0.1, 0.15) is 12.4 Å². The van der Waals surface area contributed by atoms with E-state index >= 15 is 0 Å². The largest absolute Gasteiger partial charge is 0.411 e. The summed E-state index contributed by atoms with van der Waals surface area (Å²) in [6.07, 6.45) is -4.04. The maximum absolute atomic E-state index is 11.6. The first-order valence-corrected chi connectivity index (χ1v) is 4.47. The van der Waals surface area contributed by atoms with Crippen LogP contribution in [0.25, 0.3) is 0 Å². The van der Waals surface area contributed by atoms with Crippen molar-refractivity contribution in [2.45, 2.75) is 12.6 Å². The minimum atomic E-state index is -4.28. The molecule has 0 radical (unpaired) electrons. The summed E-state index contributed by atoms with van der Waals surface area (Å²) in [6, 6.07) is 0. The Morgan fingerprint density at radius 2 is 2.14 bits per heavy atom. The Balaban J connectivity index is 2.16. The van der Waals surface area contributed by atoms with Crippen molar-refractivity contribution in [2.24, 2.45) is 0 Å². The van der Waals surface area contributed by atoms with Crippen LogP contribution in [0, 0.1) is 0 Å². The number of anilines is 1. The fraction of sp³-hybridized carbons (Fsp3) is 0.667. The monoisotopic (exact) mass is 227 g/mol. The summed E-state index contributed by atoms with van der Waals surface area (Å²) in [5, 5.41) is 0.302. The molecule has 80 valence electrons. The van der Waals surface area contributed by atoms with Crippen LogP contribution < -0.4 is 5.73 Å². The first kappa shape index (κ1) is 11.2. The number of nitrogens with zero attached hydrogens (tertiary/aromatic N) is 2. The van der Waals surface area contributed by atoms with E-state index in [9.17, 15) is 13.2 Å². The molecule has 0 amide bonds. The molecule has 2 N–H and O–H groups in total. The molecule has 0 aliphatic heterocycles. The highest BCUT2D eigenvalue weighted by Crippen LogP contribution is 2.14. The molecule has 0 fully saturated rings. The average Bonchev–Trinajstić information content (AvgIpc) is 2.44. The maximum atomic E-state index is 11.6. The predicted octanol–water partition coefficient (Wildman–Crippen LogP) is 1.24. The van der Waals surface area contributed by atoms with Crippen LogP contribution in [-0.4, -0.2) is 28.7 Å². The van der Waals surface area contributed by atoms with Gasteiger partial charge in [-0.25, -0.2) is 4.98 Å². The number of ether oxygens (including phenoxy) is 1. The van der Waals surface area contributed by atoms with Crippen LogP contribution in [0.5, 0.6) is 0 Å². The molecule has 0 unspecified atom stereocenters. The van der Waals surface area contributed by atoms with E-state index in [-0.39, 0.29) is 13.0 Å². The minimum Gasteiger partial charge on any atom is -0.374 e. The first-order valence-electron chi connectivity index (χ1n) is 3.70. The summed E-state index contributed by atoms with van der Waals surface area (Å²) < 4.78 is 43.0. The van der Waals surface area contributed by atoms with Gasteiger partial charge in [0, 0.05) is 18.0 Å². The molecule has 1 rings (SSSR count). The van der Waals surface area contributed by atoms with Gasteiger partial charge in [0.25, 0.3) is 0 Å². The summed E-state index contributed by atoms with van der Waals surface area (Å²) in [7, 11) is 0. The fourth-order valence-corrected chi connectivity index (χ4v) is 1.20. The highest BCUT2D eigenvalue weighted by molar-refractivity contribution is 7.09. The zero-order valence-electron chi connectivity index (χ0n) is 7.04. The van der Waals surface area contributed by atoms with E-state index in [0.29, 0.717) is 11.0 Å². The third kappa shape index (κ3) is 4.38. The molecule has 8 heteroatoms. The zero-order chi connectivity index (χ0) is 10.6. The molecule has 0 aliphatic rings. The van der Waals surface area contributed by atoms with E-state index in [1.165, 1.54) is 0 Å². The van der Waals surface area contributed by atoms with E-state index in [4.69, 9.17) is 5.73 Å². The van der Waals surface area contributed by atoms with E-state index in [0.717, 1.165) is 11.5 Å². The standard InChI is InChI=1S/C6H8F3N3OS/c7-6(8,9)3-13-2-1-4-11-5(10)14-12-4/h1-3H2,(H2,10,11,12). The van der Waals surface area contributed by atoms with Crippen LogP contribution >= 0.6 is 11.5 Å². The minimum absolute atomic E-state index is 0.0598. The van der Waals surface area contributed by atoms with Crippen molar-refractivity contribution in [3.8, 4) is 0 Å². The average molecular weight is 227 g/mol. The number of aromatic nitrogens is 2. The lowest BCUT2D eigenvalue weighted by Crippen LogP contribution is -2.18. The lowest BCUT2D eigenvalue weighted by Gasteiger charge is -2.05. The van der Waals surface area contributed by atoms with Crippen molar-refractivity contribution in [2.75, 3.05) is 18.9 Å². The summed E-state index contributed by atoms with van der Waals surface area (Å²) in [6.45, 7) is -1.30. The Kier molecular flexibility index (Phi) is 3.64. The number of hydrogen-bond donors (Lipinski definition) is 1. The highest BCUT2D eigenvalue weighted by atomic mass is 32.1. The third-order valence-corrected chi connectivity index (χ3v) is 1.80. The van der Waals surface area contributed by atoms with E-state index < -0.39 is 12.8 Å². The van der Waals surface area contributed by atoms with Gasteiger partial charge >= 0.3 is 6.18 Å². The number of rotatable bonds is 4. The number of halogens is 3. The first-order chi connectivity index (χ1) is 6.47. The molecule has 14 heavy (non-hydrogen) atoms. The number of nitrogen functional groups attached to an aromatic ring is 1. The van der Waals surface area contributed by atoms with Gasteiger partial charge < -0.3 is 10.5 Å². The Bertz CT molecular complexity index is 288. The zero-order valence-corrected chi connectivity index (χ0v) is 7.86. The van der Waals surface area contributed by atoms with Crippen LogP contribution in [0.15, 0.2) is 0 Å². The van der Waals surface area contributed by atoms with E-state index in [1.54, 1.807) is 0 Å². The van der Waals surface area contributed by atoms with Gasteiger partial charge in [-0.05, 0) is 0 Å². The second kappa shape index (κ2) is 4.56. The SMILES string of the molecule is Nc1nc(CCOCC(F)(F)F)ns1. The van der Waals surface area contributed by atoms with Crippen molar-refractivity contribution in [1.29, 1.82) is 0 Å². The van der Waals surface area contributed by atoms with E-state index in [2.05, 4.69) is 14.1 Å². The number of nitrogens with two attached hydrogens (primary N) is 1. The van der Waals surface area contributed by atoms with Crippen LogP contribution in [0.3, 0.4) is 0 Å². The van der Waals surface area contributed by atoms with E-state index in [1.807, 2.05) is 0 Å². The van der Waals surface area contributed by atoms with Crippen LogP contribution in [0.1, 0.15) is 5.82 Å². The molecule has 0 atom stereocenters. The normalized spacial score (nSPS) is 11.9. The quantitative estimate of drug-likeness (QED) is 0.786. The molecule has 0 spiro atoms. The summed E-state index contributed by atoms with van der Waals surface area (Å²) in [5.74, 6) is 0.412. The molecular formula is C6H8F3N3OS. The smallest absolute Gasteiger partial charge is 0.374 e. The molecule has 0 saturated carbocycles. The van der Waals surface area contributed by atoms with Gasteiger partial charge in [0.2, 0.25) is 0 Å². The molecule has 1 heterocycles. The molecule has 0 aliphatic carbocycles. The second-order valence-electron chi connectivity index (χ2n) is 2.47. The van der Waals surface area contributed by atoms with Crippen molar-refractivity contribution >= 4 is 16.7 Å². The number of alkyl halides is 3. The third-order valence-electron chi connectivity index (χ3n) is 1.22. The highest BCUT2D eigenvalue weighted by Gasteiger charge is 2.27. The molecule has 0 bridgehead atoms. The summed E-state index contributed by atoms with van der Waals surface area (Å²) >= 11 is 1.01. The van der Waals surface area contributed by atoms with Gasteiger partial charge in [0.15, 0.2) is 5.13 Å². The van der Waals surface area contributed by atoms with Gasteiger partial charge in [0.05, 0.1) is 6.61 Å². The molecule has 0 aromatic carbocycles. The summed E-state index contributed by atoms with van der Waals surface area (Å²) in [4.78, 5) is 3.77. The Labute approximate surface area is 82.1 Å². The molecule has 1 aromatic heterocycles. The van der Waals surface area contributed by atoms with Gasteiger partial charge in [-0.15, -0.1) is 0 Å². The predicted molar refractivity (Wildman–Crippen MR) is 44.9 cm³/mol. The Morgan fingerprint density at radius 3 is 2.64 bits per heavy atom. The van der Waals surface area contributed by atoms with Crippen molar-refractivity contribution in [1.82, 2.24) is 9.36 Å². The van der Waals surface area contributed by atoms with Crippen molar-refractivity contribution in [3.05, 3.63) is 5.82 Å². The second-order valence-corrected chi connectivity index (χ2v) is 3.25. The Morgan fingerprint density at radius 1 is 1.43 bits per heavy atom. The van der Waals surface area contributed by atoms with Crippen LogP contribution in [0.2, 0.25) is 0 Å². The van der Waals surface area contributed by atoms with Gasteiger partial charge in [-0.1, -0.05) is 0 Å². The molecular weight excluding hydrogens is 219 g/mol. The maximum Gasteiger partial charge on any atom is 0.411 e. The van der Waals surface area contributed by atoms with Crippen molar-refractivity contribution in [3.63, 3.8) is 0 Å². The number of hydrogen-bond acceptors (Lipinski definition) is 5. The fourth-order valence-electron chi connectivity index (χ4n) is 0.720.